The van der Waals surface area contributed by atoms with Crippen molar-refractivity contribution in [3.63, 3.8) is 0 Å². The highest BCUT2D eigenvalue weighted by atomic mass is 16.6. The van der Waals surface area contributed by atoms with Crippen LogP contribution in [0.3, 0.4) is 0 Å². The lowest BCUT2D eigenvalue weighted by Crippen LogP contribution is -2.62. The number of piperidine rings is 1. The first-order valence-electron chi connectivity index (χ1n) is 14.0. The number of hydrogen-bond donors (Lipinski definition) is 3. The molecule has 1 aromatic carbocycles. The highest BCUT2D eigenvalue weighted by Crippen LogP contribution is 2.27. The van der Waals surface area contributed by atoms with Crippen molar-refractivity contribution in [3.8, 4) is 11.3 Å². The Morgan fingerprint density at radius 2 is 1.63 bits per heavy atom. The highest BCUT2D eigenvalue weighted by molar-refractivity contribution is 6.51. The molecule has 2 bridgehead atoms. The van der Waals surface area contributed by atoms with Crippen LogP contribution in [0.2, 0.25) is 0 Å². The summed E-state index contributed by atoms with van der Waals surface area (Å²) in [6.07, 6.45) is 0.847. The van der Waals surface area contributed by atoms with Crippen molar-refractivity contribution in [2.24, 2.45) is 5.92 Å². The Labute approximate surface area is 240 Å². The van der Waals surface area contributed by atoms with Crippen LogP contribution in [0.1, 0.15) is 56.9 Å². The number of nitrogens with zero attached hydrogens (tertiary/aromatic N) is 2. The first-order valence-corrected chi connectivity index (χ1v) is 14.0. The van der Waals surface area contributed by atoms with Gasteiger partial charge in [-0.2, -0.15) is 0 Å². The maximum Gasteiger partial charge on any atom is 0.622 e. The van der Waals surface area contributed by atoms with E-state index >= 15 is 0 Å². The average Bonchev–Trinajstić information content (AvgIpc) is 2.94. The summed E-state index contributed by atoms with van der Waals surface area (Å²) in [4.78, 5) is 58.6. The van der Waals surface area contributed by atoms with E-state index in [9.17, 15) is 24.3 Å². The average molecular weight is 564 g/mol. The van der Waals surface area contributed by atoms with Gasteiger partial charge in [-0.1, -0.05) is 50.2 Å². The lowest BCUT2D eigenvalue weighted by molar-refractivity contribution is -0.157. The monoisotopic (exact) mass is 564 g/mol. The predicted octanol–water partition coefficient (Wildman–Crippen LogP) is 1.74. The van der Waals surface area contributed by atoms with Crippen molar-refractivity contribution in [2.75, 3.05) is 7.05 Å². The summed E-state index contributed by atoms with van der Waals surface area (Å²) in [5, 5.41) is 15.8. The lowest BCUT2D eigenvalue weighted by Gasteiger charge is -2.40. The smallest absolute Gasteiger partial charge is 0.497 e. The molecule has 2 aliphatic heterocycles. The molecule has 41 heavy (non-hydrogen) atoms. The molecule has 12 heteroatoms. The molecule has 0 spiro atoms. The minimum atomic E-state index is -1.36. The van der Waals surface area contributed by atoms with Crippen LogP contribution in [0, 0.1) is 5.92 Å². The second kappa shape index (κ2) is 13.3. The number of amides is 2. The van der Waals surface area contributed by atoms with Gasteiger partial charge in [0.25, 0.3) is 5.91 Å². The fraction of sp³-hybridized carbons (Fsp3) is 0.483. The molecule has 2 saturated heterocycles. The van der Waals surface area contributed by atoms with Gasteiger partial charge < -0.3 is 25.0 Å². The van der Waals surface area contributed by atoms with Gasteiger partial charge in [0, 0.05) is 5.56 Å². The fourth-order valence-electron chi connectivity index (χ4n) is 5.24. The summed E-state index contributed by atoms with van der Waals surface area (Å²) in [6.45, 7) is 5.20. The molecule has 1 aromatic heterocycles. The van der Waals surface area contributed by atoms with E-state index in [0.717, 1.165) is 5.56 Å². The first kappa shape index (κ1) is 30.2. The standard InChI is InChI=1S/C29H37BN4O7/c1-17(2)16-24(30-40-28(38)22-14-9-15-23(34(22)4)29(39)41-30)32-27(37)25(18(3)35)33-26(36)21-13-8-12-20(31-21)19-10-6-5-7-11-19/h5-8,10-13,17-18,22-25,35H,9,14-16H2,1-4H3,(H,32,37)(H,33,36)/t18?,22-,23-,24?,25?/m0/s1. The number of nitrogens with one attached hydrogen (secondary N) is 2. The highest BCUT2D eigenvalue weighted by Gasteiger charge is 2.48. The molecule has 3 unspecified atom stereocenters. The van der Waals surface area contributed by atoms with Gasteiger partial charge in [-0.15, -0.1) is 0 Å². The molecule has 2 fully saturated rings. The second-order valence-corrected chi connectivity index (χ2v) is 11.1. The van der Waals surface area contributed by atoms with Gasteiger partial charge in [0.15, 0.2) is 0 Å². The number of likely N-dealkylation sites (N-methyl/N-ethyl adjacent to an activating group) is 1. The summed E-state index contributed by atoms with van der Waals surface area (Å²) in [5.41, 5.74) is 1.47. The van der Waals surface area contributed by atoms with Crippen molar-refractivity contribution < 1.29 is 33.6 Å². The molecule has 2 aromatic rings. The molecule has 3 heterocycles. The molecule has 2 aliphatic rings. The SMILES string of the molecule is CC(C)CC(NC(=O)C(NC(=O)c1cccc(-c2ccccc2)n1)C(C)O)B1OC(=O)[C@@H]2CCC[C@@H](C(=O)O1)N2C. The van der Waals surface area contributed by atoms with Crippen LogP contribution in [0.15, 0.2) is 48.5 Å². The van der Waals surface area contributed by atoms with E-state index in [-0.39, 0.29) is 11.6 Å². The van der Waals surface area contributed by atoms with Crippen LogP contribution >= 0.6 is 0 Å². The number of hydrogen-bond acceptors (Lipinski definition) is 9. The third-order valence-corrected chi connectivity index (χ3v) is 7.43. The summed E-state index contributed by atoms with van der Waals surface area (Å²) < 4.78 is 11.3. The van der Waals surface area contributed by atoms with E-state index in [1.54, 1.807) is 24.1 Å². The number of rotatable bonds is 9. The predicted molar refractivity (Wildman–Crippen MR) is 151 cm³/mol. The van der Waals surface area contributed by atoms with E-state index in [1.807, 2.05) is 44.2 Å². The Balaban J connectivity index is 1.51. The van der Waals surface area contributed by atoms with Crippen LogP contribution in [0.5, 0.6) is 0 Å². The number of aromatic nitrogens is 1. The molecule has 0 saturated carbocycles. The Morgan fingerprint density at radius 3 is 2.22 bits per heavy atom. The quantitative estimate of drug-likeness (QED) is 0.388. The Kier molecular flexibility index (Phi) is 9.77. The first-order chi connectivity index (χ1) is 19.5. The largest absolute Gasteiger partial charge is 0.622 e. The van der Waals surface area contributed by atoms with Crippen molar-refractivity contribution >= 4 is 30.9 Å². The number of aliphatic hydroxyl groups is 1. The van der Waals surface area contributed by atoms with Crippen molar-refractivity contribution in [3.05, 3.63) is 54.2 Å². The van der Waals surface area contributed by atoms with Gasteiger partial charge in [0.05, 0.1) is 17.7 Å². The number of pyridine rings is 1. The third-order valence-electron chi connectivity index (χ3n) is 7.43. The Hall–Kier alpha value is -3.77. The summed E-state index contributed by atoms with van der Waals surface area (Å²) >= 11 is 0. The number of carbonyl (C=O) groups excluding carboxylic acids is 4. The van der Waals surface area contributed by atoms with E-state index in [1.165, 1.54) is 13.0 Å². The minimum absolute atomic E-state index is 0.0230. The van der Waals surface area contributed by atoms with Crippen LogP contribution in [0.4, 0.5) is 0 Å². The zero-order chi connectivity index (χ0) is 29.7. The molecular formula is C29H37BN4O7. The number of fused-ring (bicyclic) bond motifs is 2. The number of carbonyl (C=O) groups is 4. The normalized spacial score (nSPS) is 21.6. The maximum absolute atomic E-state index is 13.4. The summed E-state index contributed by atoms with van der Waals surface area (Å²) in [5.74, 6) is -3.30. The topological polar surface area (TPSA) is 147 Å². The van der Waals surface area contributed by atoms with E-state index in [4.69, 9.17) is 9.31 Å². The van der Waals surface area contributed by atoms with Gasteiger partial charge in [-0.3, -0.25) is 24.1 Å². The van der Waals surface area contributed by atoms with E-state index < -0.39 is 61.0 Å². The van der Waals surface area contributed by atoms with Crippen molar-refractivity contribution in [1.82, 2.24) is 20.5 Å². The summed E-state index contributed by atoms with van der Waals surface area (Å²) in [7, 11) is 0.345. The van der Waals surface area contributed by atoms with Gasteiger partial charge >= 0.3 is 19.1 Å². The van der Waals surface area contributed by atoms with Crippen LogP contribution in [0.25, 0.3) is 11.3 Å². The molecule has 5 atom stereocenters. The van der Waals surface area contributed by atoms with Gasteiger partial charge in [0.1, 0.15) is 23.8 Å². The van der Waals surface area contributed by atoms with Gasteiger partial charge in [-0.25, -0.2) is 4.98 Å². The molecule has 4 rings (SSSR count). The number of benzene rings is 1. The lowest BCUT2D eigenvalue weighted by atomic mass is 9.72. The molecule has 0 radical (unpaired) electrons. The van der Waals surface area contributed by atoms with Crippen LogP contribution in [-0.2, 0) is 23.7 Å². The zero-order valence-electron chi connectivity index (χ0n) is 23.8. The Morgan fingerprint density at radius 1 is 1.00 bits per heavy atom. The molecule has 3 N–H and O–H groups in total. The Bertz CT molecular complexity index is 1230. The molecule has 0 aliphatic carbocycles. The second-order valence-electron chi connectivity index (χ2n) is 11.1. The maximum atomic E-state index is 13.4. The summed E-state index contributed by atoms with van der Waals surface area (Å²) in [6, 6.07) is 11.8. The number of aliphatic hydroxyl groups excluding tert-OH is 1. The van der Waals surface area contributed by atoms with E-state index in [0.29, 0.717) is 31.4 Å². The van der Waals surface area contributed by atoms with E-state index in [2.05, 4.69) is 15.6 Å². The van der Waals surface area contributed by atoms with Crippen LogP contribution in [-0.4, -0.2) is 83.1 Å². The zero-order valence-corrected chi connectivity index (χ0v) is 23.8. The fourth-order valence-corrected chi connectivity index (χ4v) is 5.24. The molecular weight excluding hydrogens is 527 g/mol. The van der Waals surface area contributed by atoms with Crippen molar-refractivity contribution in [1.29, 1.82) is 0 Å². The molecule has 11 nitrogen and oxygen atoms in total. The molecule has 218 valence electrons. The van der Waals surface area contributed by atoms with Gasteiger partial charge in [0.2, 0.25) is 5.91 Å². The third kappa shape index (κ3) is 7.31. The van der Waals surface area contributed by atoms with Crippen LogP contribution < -0.4 is 10.6 Å². The van der Waals surface area contributed by atoms with Crippen molar-refractivity contribution in [2.45, 2.75) is 76.6 Å². The minimum Gasteiger partial charge on any atom is -0.497 e. The van der Waals surface area contributed by atoms with Gasteiger partial charge in [-0.05, 0) is 57.7 Å². The molecule has 2 amide bonds.